The van der Waals surface area contributed by atoms with Gasteiger partial charge in [-0.15, -0.1) is 0 Å². The second-order valence-electron chi connectivity index (χ2n) is 7.72. The molecule has 5 atom stereocenters. The zero-order valence-corrected chi connectivity index (χ0v) is 18.8. The second kappa shape index (κ2) is 10.1. The van der Waals surface area contributed by atoms with E-state index in [9.17, 15) is 30.5 Å². The zero-order valence-electron chi connectivity index (χ0n) is 18.0. The maximum Gasteiger partial charge on any atom is 0.162 e. The van der Waals surface area contributed by atoms with Gasteiger partial charge in [0, 0.05) is 5.56 Å². The predicted molar refractivity (Wildman–Crippen MR) is 122 cm³/mol. The first-order chi connectivity index (χ1) is 16.4. The van der Waals surface area contributed by atoms with E-state index in [4.69, 9.17) is 9.15 Å². The number of aliphatic hydroxyl groups excluding tert-OH is 4. The van der Waals surface area contributed by atoms with Gasteiger partial charge in [0.15, 0.2) is 5.78 Å². The average Bonchev–Trinajstić information content (AvgIpc) is 3.38. The molecule has 10 heteroatoms. The summed E-state index contributed by atoms with van der Waals surface area (Å²) >= 11 is 0.848. The molecule has 1 saturated heterocycles. The van der Waals surface area contributed by atoms with Crippen LogP contribution in [-0.2, 0) is 4.74 Å². The number of nitriles is 1. The number of pyridine rings is 1. The summed E-state index contributed by atoms with van der Waals surface area (Å²) in [6, 6.07) is 14.3. The fraction of sp³-hybridized carbons (Fsp3) is 0.292. The third-order valence-corrected chi connectivity index (χ3v) is 6.66. The van der Waals surface area contributed by atoms with Gasteiger partial charge in [0.1, 0.15) is 46.7 Å². The molecule has 34 heavy (non-hydrogen) atoms. The molecule has 4 rings (SSSR count). The SMILES string of the molecule is CC(=O)c1c(-c2ccccc2)nc(S[C@@H]2O[C@H](CO)[C@@H](O)[C@H](O)[C@H]2O)c(C#N)c1-c1ccco1. The maximum absolute atomic E-state index is 12.8. The number of aromatic nitrogens is 1. The predicted octanol–water partition coefficient (Wildman–Crippen LogP) is 1.97. The maximum atomic E-state index is 12.8. The number of hydrogen-bond donors (Lipinski definition) is 4. The fourth-order valence-corrected chi connectivity index (χ4v) is 4.97. The van der Waals surface area contributed by atoms with Crippen LogP contribution < -0.4 is 0 Å². The number of aliphatic hydroxyl groups is 4. The molecule has 0 amide bonds. The summed E-state index contributed by atoms with van der Waals surface area (Å²) in [5.41, 5.74) is 0.260. The molecule has 1 aliphatic heterocycles. The monoisotopic (exact) mass is 482 g/mol. The van der Waals surface area contributed by atoms with Crippen molar-refractivity contribution in [3.63, 3.8) is 0 Å². The van der Waals surface area contributed by atoms with Crippen LogP contribution in [0.5, 0.6) is 0 Å². The summed E-state index contributed by atoms with van der Waals surface area (Å²) < 4.78 is 11.1. The van der Waals surface area contributed by atoms with Crippen LogP contribution in [0.3, 0.4) is 0 Å². The summed E-state index contributed by atoms with van der Waals surface area (Å²) in [5.74, 6) is -0.0318. The van der Waals surface area contributed by atoms with Crippen molar-refractivity contribution in [1.82, 2.24) is 4.98 Å². The number of ketones is 1. The molecule has 9 nitrogen and oxygen atoms in total. The molecular weight excluding hydrogens is 460 g/mol. The van der Waals surface area contributed by atoms with E-state index in [-0.39, 0.29) is 33.3 Å². The van der Waals surface area contributed by atoms with Gasteiger partial charge in [-0.25, -0.2) is 4.98 Å². The van der Waals surface area contributed by atoms with E-state index in [2.05, 4.69) is 11.1 Å². The van der Waals surface area contributed by atoms with Crippen LogP contribution in [-0.4, -0.2) is 67.7 Å². The summed E-state index contributed by atoms with van der Waals surface area (Å²) in [5, 5.41) is 50.5. The lowest BCUT2D eigenvalue weighted by molar-refractivity contribution is -0.205. The van der Waals surface area contributed by atoms with Crippen LogP contribution in [0, 0.1) is 11.3 Å². The van der Waals surface area contributed by atoms with Crippen molar-refractivity contribution >= 4 is 17.5 Å². The Kier molecular flexibility index (Phi) is 7.13. The summed E-state index contributed by atoms with van der Waals surface area (Å²) in [6.45, 7) is 0.790. The number of nitrogens with zero attached hydrogens (tertiary/aromatic N) is 2. The molecular formula is C24H22N2O7S. The van der Waals surface area contributed by atoms with E-state index in [0.29, 0.717) is 11.3 Å². The topological polar surface area (TPSA) is 157 Å². The van der Waals surface area contributed by atoms with E-state index >= 15 is 0 Å². The Hall–Kier alpha value is -3.04. The van der Waals surface area contributed by atoms with Crippen molar-refractivity contribution in [2.24, 2.45) is 0 Å². The Morgan fingerprint density at radius 3 is 2.44 bits per heavy atom. The first-order valence-corrected chi connectivity index (χ1v) is 11.3. The smallest absolute Gasteiger partial charge is 0.162 e. The number of benzene rings is 1. The number of carbonyl (C=O) groups is 1. The first kappa shape index (κ1) is 24.1. The van der Waals surface area contributed by atoms with Gasteiger partial charge >= 0.3 is 0 Å². The van der Waals surface area contributed by atoms with Crippen molar-refractivity contribution in [2.45, 2.75) is 41.8 Å². The zero-order chi connectivity index (χ0) is 24.4. The Labute approximate surface area is 199 Å². The number of ether oxygens (including phenoxy) is 1. The van der Waals surface area contributed by atoms with Crippen molar-refractivity contribution in [1.29, 1.82) is 5.26 Å². The molecule has 0 unspecified atom stereocenters. The van der Waals surface area contributed by atoms with E-state index < -0.39 is 36.5 Å². The van der Waals surface area contributed by atoms with Crippen LogP contribution >= 0.6 is 11.8 Å². The Bertz CT molecular complexity index is 1210. The lowest BCUT2D eigenvalue weighted by Gasteiger charge is -2.39. The molecule has 3 aromatic rings. The standard InChI is InChI=1S/C24H22N2O7S/c1-12(28)17-18(15-8-5-9-32-15)14(10-25)23(26-19(17)13-6-3-2-4-7-13)34-24-22(31)21(30)20(29)16(11-27)33-24/h2-9,16,20-22,24,27,29-31H,11H2,1H3/t16-,20-,21+,22-,24+/m1/s1. The van der Waals surface area contributed by atoms with Crippen molar-refractivity contribution in [3.05, 3.63) is 59.9 Å². The van der Waals surface area contributed by atoms with Crippen LogP contribution in [0.15, 0.2) is 58.2 Å². The van der Waals surface area contributed by atoms with E-state index in [1.807, 2.05) is 6.07 Å². The fourth-order valence-electron chi connectivity index (χ4n) is 3.84. The molecule has 1 aliphatic rings. The van der Waals surface area contributed by atoms with E-state index in [1.54, 1.807) is 36.4 Å². The molecule has 0 spiro atoms. The van der Waals surface area contributed by atoms with E-state index in [1.165, 1.54) is 13.2 Å². The summed E-state index contributed by atoms with van der Waals surface area (Å²) in [7, 11) is 0. The van der Waals surface area contributed by atoms with Gasteiger partial charge in [-0.2, -0.15) is 5.26 Å². The number of carbonyl (C=O) groups excluding carboxylic acids is 1. The molecule has 1 aromatic carbocycles. The lowest BCUT2D eigenvalue weighted by atomic mass is 9.93. The number of Topliss-reactive ketones (excluding diaryl/α,β-unsaturated/α-hetero) is 1. The number of rotatable bonds is 6. The highest BCUT2D eigenvalue weighted by Crippen LogP contribution is 2.41. The highest BCUT2D eigenvalue weighted by molar-refractivity contribution is 7.99. The minimum absolute atomic E-state index is 0.0294. The molecule has 0 bridgehead atoms. The van der Waals surface area contributed by atoms with Crippen molar-refractivity contribution < 1.29 is 34.4 Å². The highest BCUT2D eigenvalue weighted by Gasteiger charge is 2.44. The first-order valence-electron chi connectivity index (χ1n) is 10.4. The molecule has 3 heterocycles. The van der Waals surface area contributed by atoms with Crippen LogP contribution in [0.1, 0.15) is 22.8 Å². The largest absolute Gasteiger partial charge is 0.464 e. The van der Waals surface area contributed by atoms with Gasteiger partial charge in [0.2, 0.25) is 0 Å². The van der Waals surface area contributed by atoms with Crippen molar-refractivity contribution in [3.8, 4) is 28.7 Å². The third kappa shape index (κ3) is 4.37. The number of furan rings is 1. The quantitative estimate of drug-likeness (QED) is 0.383. The Morgan fingerprint density at radius 1 is 1.12 bits per heavy atom. The van der Waals surface area contributed by atoms with Gasteiger partial charge in [-0.1, -0.05) is 42.1 Å². The van der Waals surface area contributed by atoms with Crippen LogP contribution in [0.25, 0.3) is 22.6 Å². The normalized spacial score (nSPS) is 24.5. The van der Waals surface area contributed by atoms with E-state index in [0.717, 1.165) is 11.8 Å². The Morgan fingerprint density at radius 2 is 1.85 bits per heavy atom. The van der Waals surface area contributed by atoms with Gasteiger partial charge < -0.3 is 29.6 Å². The van der Waals surface area contributed by atoms with Crippen LogP contribution in [0.2, 0.25) is 0 Å². The summed E-state index contributed by atoms with van der Waals surface area (Å²) in [6.07, 6.45) is -4.32. The Balaban J connectivity index is 1.92. The van der Waals surface area contributed by atoms with Gasteiger partial charge in [-0.05, 0) is 19.1 Å². The van der Waals surface area contributed by atoms with Gasteiger partial charge in [-0.3, -0.25) is 4.79 Å². The van der Waals surface area contributed by atoms with Crippen molar-refractivity contribution in [2.75, 3.05) is 6.61 Å². The average molecular weight is 483 g/mol. The molecule has 4 N–H and O–H groups in total. The lowest BCUT2D eigenvalue weighted by Crippen LogP contribution is -2.57. The van der Waals surface area contributed by atoms with Crippen LogP contribution in [0.4, 0.5) is 0 Å². The highest BCUT2D eigenvalue weighted by atomic mass is 32.2. The van der Waals surface area contributed by atoms with Gasteiger partial charge in [0.05, 0.1) is 35.3 Å². The third-order valence-electron chi connectivity index (χ3n) is 5.52. The molecule has 1 fully saturated rings. The minimum Gasteiger partial charge on any atom is -0.464 e. The molecule has 0 saturated carbocycles. The number of hydrogen-bond acceptors (Lipinski definition) is 10. The molecule has 2 aromatic heterocycles. The number of thioether (sulfide) groups is 1. The molecule has 0 aliphatic carbocycles. The molecule has 0 radical (unpaired) electrons. The van der Waals surface area contributed by atoms with Gasteiger partial charge in [0.25, 0.3) is 0 Å². The summed E-state index contributed by atoms with van der Waals surface area (Å²) in [4.78, 5) is 17.4. The molecule has 176 valence electrons. The minimum atomic E-state index is -1.58. The second-order valence-corrected chi connectivity index (χ2v) is 8.80.